The lowest BCUT2D eigenvalue weighted by atomic mass is 9.96. The van der Waals surface area contributed by atoms with Crippen LogP contribution >= 0.6 is 35.3 Å². The molecule has 2 saturated heterocycles. The van der Waals surface area contributed by atoms with Gasteiger partial charge >= 0.3 is 0 Å². The third-order valence-corrected chi connectivity index (χ3v) is 6.30. The fraction of sp³-hybridized carbons (Fsp3) is 0.400. The predicted octanol–water partition coefficient (Wildman–Crippen LogP) is 4.16. The molecule has 2 aliphatic heterocycles. The summed E-state index contributed by atoms with van der Waals surface area (Å²) < 4.78 is 13.1. The molecule has 28 heavy (non-hydrogen) atoms. The van der Waals surface area contributed by atoms with Gasteiger partial charge in [0.25, 0.3) is 0 Å². The Morgan fingerprint density at radius 1 is 1.25 bits per heavy atom. The van der Waals surface area contributed by atoms with Crippen molar-refractivity contribution < 1.29 is 9.15 Å². The number of ether oxygens (including phenoxy) is 1. The Morgan fingerprint density at radius 3 is 2.89 bits per heavy atom. The zero-order valence-electron chi connectivity index (χ0n) is 15.6. The number of fused-ring (bicyclic) bond motifs is 3. The summed E-state index contributed by atoms with van der Waals surface area (Å²) in [5.41, 5.74) is 1.01. The van der Waals surface area contributed by atoms with Crippen molar-refractivity contribution >= 4 is 51.5 Å². The van der Waals surface area contributed by atoms with Crippen molar-refractivity contribution in [3.8, 4) is 10.8 Å². The number of benzene rings is 1. The van der Waals surface area contributed by atoms with Gasteiger partial charge in [0.1, 0.15) is 5.76 Å². The molecule has 4 heterocycles. The average Bonchev–Trinajstić information content (AvgIpc) is 3.47. The second kappa shape index (κ2) is 8.38. The first-order chi connectivity index (χ1) is 13.3. The van der Waals surface area contributed by atoms with Gasteiger partial charge in [-0.25, -0.2) is 4.98 Å². The lowest BCUT2D eigenvalue weighted by molar-refractivity contribution is 0.0992. The molecular weight excluding hydrogens is 487 g/mol. The SMILES string of the molecule is CN=C(NCc1ccc(-c2nc3ccccc3s2)o1)NC1CC2CCC1O2.I. The molecule has 2 bridgehead atoms. The number of furan rings is 1. The van der Waals surface area contributed by atoms with E-state index < -0.39 is 0 Å². The summed E-state index contributed by atoms with van der Waals surface area (Å²) in [6.45, 7) is 0.576. The molecule has 0 saturated carbocycles. The maximum atomic E-state index is 5.99. The first kappa shape index (κ1) is 19.7. The molecule has 2 N–H and O–H groups in total. The van der Waals surface area contributed by atoms with Crippen molar-refractivity contribution in [2.75, 3.05) is 7.05 Å². The highest BCUT2D eigenvalue weighted by molar-refractivity contribution is 14.0. The Hall–Kier alpha value is -1.65. The Labute approximate surface area is 184 Å². The largest absolute Gasteiger partial charge is 0.457 e. The lowest BCUT2D eigenvalue weighted by Crippen LogP contribution is -2.47. The lowest BCUT2D eigenvalue weighted by Gasteiger charge is -2.22. The zero-order chi connectivity index (χ0) is 18.2. The van der Waals surface area contributed by atoms with Gasteiger partial charge in [-0.1, -0.05) is 12.1 Å². The highest BCUT2D eigenvalue weighted by atomic mass is 127. The molecule has 6 nitrogen and oxygen atoms in total. The fourth-order valence-corrected chi connectivity index (χ4v) is 4.82. The van der Waals surface area contributed by atoms with Gasteiger partial charge in [-0.3, -0.25) is 4.99 Å². The van der Waals surface area contributed by atoms with Gasteiger partial charge in [0, 0.05) is 7.05 Å². The number of guanidine groups is 1. The summed E-state index contributed by atoms with van der Waals surface area (Å²) >= 11 is 1.65. The number of hydrogen-bond donors (Lipinski definition) is 2. The van der Waals surface area contributed by atoms with Crippen molar-refractivity contribution in [1.82, 2.24) is 15.6 Å². The van der Waals surface area contributed by atoms with Gasteiger partial charge in [-0.2, -0.15) is 0 Å². The van der Waals surface area contributed by atoms with Crippen LogP contribution < -0.4 is 10.6 Å². The van der Waals surface area contributed by atoms with Crippen LogP contribution in [0.25, 0.3) is 21.0 Å². The number of rotatable bonds is 4. The van der Waals surface area contributed by atoms with E-state index in [1.807, 2.05) is 30.3 Å². The average molecular weight is 510 g/mol. The van der Waals surface area contributed by atoms with E-state index >= 15 is 0 Å². The minimum atomic E-state index is 0. The molecule has 2 fully saturated rings. The molecular formula is C20H23IN4O2S. The van der Waals surface area contributed by atoms with Gasteiger partial charge in [-0.05, 0) is 43.5 Å². The molecule has 0 aliphatic carbocycles. The summed E-state index contributed by atoms with van der Waals surface area (Å²) in [6.07, 6.45) is 4.14. The monoisotopic (exact) mass is 510 g/mol. The number of aromatic nitrogens is 1. The van der Waals surface area contributed by atoms with Gasteiger partial charge in [0.05, 0.1) is 35.0 Å². The maximum absolute atomic E-state index is 5.99. The molecule has 3 unspecified atom stereocenters. The fourth-order valence-electron chi connectivity index (χ4n) is 3.90. The van der Waals surface area contributed by atoms with E-state index in [1.165, 1.54) is 11.1 Å². The minimum absolute atomic E-state index is 0. The molecule has 8 heteroatoms. The standard InChI is InChI=1S/C20H22N4O2S.HI/c1-21-20(24-15-10-12-6-8-16(15)25-12)22-11-13-7-9-17(26-13)19-23-14-4-2-3-5-18(14)27-19;/h2-5,7,9,12,15-16H,6,8,10-11H2,1H3,(H2,21,22,24);1H. The third kappa shape index (κ3) is 3.90. The van der Waals surface area contributed by atoms with Gasteiger partial charge in [0.15, 0.2) is 16.7 Å². The van der Waals surface area contributed by atoms with Crippen LogP contribution in [0.1, 0.15) is 25.0 Å². The number of nitrogens with one attached hydrogen (secondary N) is 2. The van der Waals surface area contributed by atoms with Crippen LogP contribution in [0.4, 0.5) is 0 Å². The van der Waals surface area contributed by atoms with Crippen LogP contribution in [0.15, 0.2) is 45.8 Å². The van der Waals surface area contributed by atoms with Crippen LogP contribution in [-0.4, -0.2) is 36.2 Å². The van der Waals surface area contributed by atoms with E-state index in [1.54, 1.807) is 18.4 Å². The summed E-state index contributed by atoms with van der Waals surface area (Å²) in [4.78, 5) is 8.98. The first-order valence-corrected chi connectivity index (χ1v) is 10.2. The number of halogens is 1. The number of hydrogen-bond acceptors (Lipinski definition) is 5. The molecule has 2 aliphatic rings. The van der Waals surface area contributed by atoms with Crippen molar-refractivity contribution in [3.63, 3.8) is 0 Å². The van der Waals surface area contributed by atoms with Crippen LogP contribution in [0.5, 0.6) is 0 Å². The molecule has 0 amide bonds. The topological polar surface area (TPSA) is 71.7 Å². The normalized spacial score (nSPS) is 23.8. The highest BCUT2D eigenvalue weighted by Crippen LogP contribution is 2.34. The molecule has 0 radical (unpaired) electrons. The highest BCUT2D eigenvalue weighted by Gasteiger charge is 2.41. The quantitative estimate of drug-likeness (QED) is 0.314. The minimum Gasteiger partial charge on any atom is -0.457 e. The van der Waals surface area contributed by atoms with Crippen molar-refractivity contribution in [2.24, 2.45) is 4.99 Å². The molecule has 3 aromatic rings. The van der Waals surface area contributed by atoms with Crippen LogP contribution in [0.2, 0.25) is 0 Å². The van der Waals surface area contributed by atoms with E-state index in [4.69, 9.17) is 9.15 Å². The van der Waals surface area contributed by atoms with E-state index in [0.29, 0.717) is 24.8 Å². The van der Waals surface area contributed by atoms with E-state index in [-0.39, 0.29) is 24.0 Å². The molecule has 148 valence electrons. The molecule has 2 aromatic heterocycles. The van der Waals surface area contributed by atoms with Crippen LogP contribution in [0, 0.1) is 0 Å². The summed E-state index contributed by atoms with van der Waals surface area (Å²) in [7, 11) is 1.79. The first-order valence-electron chi connectivity index (χ1n) is 9.36. The number of aliphatic imine (C=N–C) groups is 1. The Kier molecular flexibility index (Phi) is 5.88. The maximum Gasteiger partial charge on any atom is 0.191 e. The summed E-state index contributed by atoms with van der Waals surface area (Å²) in [6, 6.07) is 12.5. The van der Waals surface area contributed by atoms with Gasteiger partial charge in [0.2, 0.25) is 0 Å². The van der Waals surface area contributed by atoms with E-state index in [0.717, 1.165) is 40.8 Å². The number of thiazole rings is 1. The molecule has 1 aromatic carbocycles. The number of nitrogens with zero attached hydrogens (tertiary/aromatic N) is 2. The van der Waals surface area contributed by atoms with Crippen molar-refractivity contribution in [3.05, 3.63) is 42.2 Å². The van der Waals surface area contributed by atoms with Gasteiger partial charge in [-0.15, -0.1) is 35.3 Å². The molecule has 5 rings (SSSR count). The second-order valence-electron chi connectivity index (χ2n) is 7.04. The van der Waals surface area contributed by atoms with E-state index in [2.05, 4.69) is 26.7 Å². The third-order valence-electron chi connectivity index (χ3n) is 5.25. The Morgan fingerprint density at radius 2 is 2.14 bits per heavy atom. The smallest absolute Gasteiger partial charge is 0.191 e. The van der Waals surface area contributed by atoms with Gasteiger partial charge < -0.3 is 19.8 Å². The number of para-hydroxylation sites is 1. The van der Waals surface area contributed by atoms with Crippen LogP contribution in [0.3, 0.4) is 0 Å². The molecule has 0 spiro atoms. The zero-order valence-corrected chi connectivity index (χ0v) is 18.7. The summed E-state index contributed by atoms with van der Waals surface area (Å²) in [5.74, 6) is 2.45. The van der Waals surface area contributed by atoms with E-state index in [9.17, 15) is 0 Å². The Balaban J connectivity index is 0.00000192. The summed E-state index contributed by atoms with van der Waals surface area (Å²) in [5, 5.41) is 7.73. The van der Waals surface area contributed by atoms with Crippen molar-refractivity contribution in [1.29, 1.82) is 0 Å². The molecule has 3 atom stereocenters. The predicted molar refractivity (Wildman–Crippen MR) is 122 cm³/mol. The van der Waals surface area contributed by atoms with Crippen molar-refractivity contribution in [2.45, 2.75) is 44.1 Å². The Bertz CT molecular complexity index is 952. The second-order valence-corrected chi connectivity index (χ2v) is 8.07. The van der Waals surface area contributed by atoms with Crippen LogP contribution in [-0.2, 0) is 11.3 Å².